The summed E-state index contributed by atoms with van der Waals surface area (Å²) in [6, 6.07) is 18.0. The number of allylic oxidation sites excluding steroid dienone is 1. The average molecular weight is 496 g/mol. The molecule has 0 spiro atoms. The number of phenols is 2. The van der Waals surface area contributed by atoms with Crippen LogP contribution >= 0.6 is 11.6 Å². The Kier molecular flexibility index (Phi) is 6.58. The van der Waals surface area contributed by atoms with Gasteiger partial charge in [-0.3, -0.25) is 9.29 Å². The van der Waals surface area contributed by atoms with Crippen LogP contribution < -0.4 is 9.47 Å². The summed E-state index contributed by atoms with van der Waals surface area (Å²) < 4.78 is 24.9. The summed E-state index contributed by atoms with van der Waals surface area (Å²) in [6.45, 7) is 4.66. The van der Waals surface area contributed by atoms with Gasteiger partial charge in [-0.1, -0.05) is 29.8 Å². The Morgan fingerprint density at radius 2 is 1.83 bits per heavy atom. The Morgan fingerprint density at radius 1 is 1.06 bits per heavy atom. The minimum absolute atomic E-state index is 0.00325. The zero-order valence-corrected chi connectivity index (χ0v) is 20.1. The molecule has 3 aromatic rings. The van der Waals surface area contributed by atoms with Crippen LogP contribution in [0.4, 0.5) is 4.39 Å². The Labute approximate surface area is 209 Å². The van der Waals surface area contributed by atoms with Gasteiger partial charge in [-0.05, 0) is 60.0 Å². The summed E-state index contributed by atoms with van der Waals surface area (Å²) >= 11 is 6.06. The van der Waals surface area contributed by atoms with Crippen LogP contribution in [0, 0.1) is 5.92 Å². The fourth-order valence-corrected chi connectivity index (χ4v) is 4.83. The van der Waals surface area contributed by atoms with Crippen LogP contribution in [0.2, 0.25) is 5.02 Å². The summed E-state index contributed by atoms with van der Waals surface area (Å²) in [6.07, 6.45) is -0.461. The van der Waals surface area contributed by atoms with Crippen molar-refractivity contribution < 1.29 is 24.1 Å². The Balaban J connectivity index is 1.40. The summed E-state index contributed by atoms with van der Waals surface area (Å²) in [5.41, 5.74) is 4.48. The first-order valence-corrected chi connectivity index (χ1v) is 12.0. The third-order valence-electron chi connectivity index (χ3n) is 6.65. The van der Waals surface area contributed by atoms with Gasteiger partial charge in [0.1, 0.15) is 35.7 Å². The molecule has 0 amide bonds. The summed E-state index contributed by atoms with van der Waals surface area (Å²) in [5, 5.41) is 20.5. The van der Waals surface area contributed by atoms with Crippen LogP contribution in [0.5, 0.6) is 23.0 Å². The third kappa shape index (κ3) is 4.81. The number of phenolic OH excluding ortho intramolecular Hbond substituents is 2. The number of nitrogens with zero attached hydrogens (tertiary/aromatic N) is 1. The van der Waals surface area contributed by atoms with Crippen LogP contribution in [-0.4, -0.2) is 48.0 Å². The molecule has 5 rings (SSSR count). The Bertz CT molecular complexity index is 1250. The monoisotopic (exact) mass is 495 g/mol. The fourth-order valence-electron chi connectivity index (χ4n) is 4.72. The first-order valence-electron chi connectivity index (χ1n) is 11.6. The highest BCUT2D eigenvalue weighted by molar-refractivity contribution is 6.32. The van der Waals surface area contributed by atoms with Crippen molar-refractivity contribution in [3.05, 3.63) is 82.4 Å². The molecule has 35 heavy (non-hydrogen) atoms. The number of fused-ring (bicyclic) bond motifs is 1. The average Bonchev–Trinajstić information content (AvgIpc) is 2.82. The van der Waals surface area contributed by atoms with E-state index in [-0.39, 0.29) is 29.1 Å². The van der Waals surface area contributed by atoms with Gasteiger partial charge in [0.15, 0.2) is 0 Å². The predicted octanol–water partition coefficient (Wildman–Crippen LogP) is 6.10. The number of benzene rings is 3. The van der Waals surface area contributed by atoms with Gasteiger partial charge in [0, 0.05) is 42.8 Å². The van der Waals surface area contributed by atoms with Crippen LogP contribution in [0.3, 0.4) is 0 Å². The SMILES string of the molecule is CC1=C(c2ccc(Cl)c(O)c2)C(c2ccc(OCCN3CC(CF)C3)cc2)Oc2cc(O)ccc21. The van der Waals surface area contributed by atoms with Crippen molar-refractivity contribution in [2.75, 3.05) is 32.9 Å². The number of alkyl halides is 1. The molecule has 1 unspecified atom stereocenters. The molecule has 3 aromatic carbocycles. The lowest BCUT2D eigenvalue weighted by atomic mass is 9.86. The largest absolute Gasteiger partial charge is 0.508 e. The quantitative estimate of drug-likeness (QED) is 0.415. The highest BCUT2D eigenvalue weighted by Crippen LogP contribution is 2.48. The minimum Gasteiger partial charge on any atom is -0.508 e. The van der Waals surface area contributed by atoms with E-state index in [1.54, 1.807) is 24.3 Å². The van der Waals surface area contributed by atoms with E-state index >= 15 is 0 Å². The van der Waals surface area contributed by atoms with Crippen LogP contribution in [0.1, 0.15) is 29.7 Å². The van der Waals surface area contributed by atoms with Crippen molar-refractivity contribution in [3.63, 3.8) is 0 Å². The van der Waals surface area contributed by atoms with Gasteiger partial charge in [0.05, 0.1) is 11.7 Å². The Hall–Kier alpha value is -3.22. The maximum Gasteiger partial charge on any atom is 0.150 e. The molecule has 1 fully saturated rings. The van der Waals surface area contributed by atoms with Crippen LogP contribution in [-0.2, 0) is 0 Å². The van der Waals surface area contributed by atoms with E-state index in [1.165, 1.54) is 0 Å². The van der Waals surface area contributed by atoms with E-state index in [1.807, 2.05) is 43.3 Å². The number of ether oxygens (including phenoxy) is 2. The first-order chi connectivity index (χ1) is 16.9. The molecule has 0 radical (unpaired) electrons. The Morgan fingerprint density at radius 3 is 2.54 bits per heavy atom. The number of halogens is 2. The van der Waals surface area contributed by atoms with Gasteiger partial charge in [-0.15, -0.1) is 0 Å². The molecule has 0 saturated carbocycles. The number of likely N-dealkylation sites (tertiary alicyclic amines) is 1. The molecule has 7 heteroatoms. The lowest BCUT2D eigenvalue weighted by molar-refractivity contribution is 0.0668. The second-order valence-corrected chi connectivity index (χ2v) is 9.49. The molecule has 2 aliphatic heterocycles. The van der Waals surface area contributed by atoms with E-state index in [4.69, 9.17) is 21.1 Å². The molecule has 0 bridgehead atoms. The molecule has 1 atom stereocenters. The van der Waals surface area contributed by atoms with Gasteiger partial charge in [-0.25, -0.2) is 0 Å². The molecule has 182 valence electrons. The normalized spacial score (nSPS) is 18.1. The maximum absolute atomic E-state index is 12.6. The van der Waals surface area contributed by atoms with E-state index in [2.05, 4.69) is 4.90 Å². The summed E-state index contributed by atoms with van der Waals surface area (Å²) in [5.74, 6) is 1.65. The standard InChI is InChI=1S/C28H27ClFNO4/c1-17-23-8-5-21(32)13-26(23)35-28(27(17)20-4-9-24(29)25(33)12-20)19-2-6-22(7-3-19)34-11-10-31-15-18(14-30)16-31/h2-9,12-13,18,28,32-33H,10-11,14-16H2,1H3. The second-order valence-electron chi connectivity index (χ2n) is 9.08. The number of hydrogen-bond donors (Lipinski definition) is 2. The molecule has 2 aliphatic rings. The molecule has 2 N–H and O–H groups in total. The van der Waals surface area contributed by atoms with Crippen molar-refractivity contribution in [1.82, 2.24) is 4.90 Å². The molecule has 0 aliphatic carbocycles. The highest BCUT2D eigenvalue weighted by atomic mass is 35.5. The lowest BCUT2D eigenvalue weighted by Gasteiger charge is -2.37. The number of aromatic hydroxyl groups is 2. The molecule has 0 aromatic heterocycles. The van der Waals surface area contributed by atoms with Crippen molar-refractivity contribution in [3.8, 4) is 23.0 Å². The van der Waals surface area contributed by atoms with Crippen molar-refractivity contribution >= 4 is 22.7 Å². The van der Waals surface area contributed by atoms with E-state index < -0.39 is 6.10 Å². The number of hydrogen-bond acceptors (Lipinski definition) is 5. The topological polar surface area (TPSA) is 62.2 Å². The predicted molar refractivity (Wildman–Crippen MR) is 135 cm³/mol. The van der Waals surface area contributed by atoms with Crippen LogP contribution in [0.25, 0.3) is 11.1 Å². The van der Waals surface area contributed by atoms with E-state index in [0.29, 0.717) is 12.4 Å². The molecule has 2 heterocycles. The van der Waals surface area contributed by atoms with Gasteiger partial charge < -0.3 is 19.7 Å². The molecule has 1 saturated heterocycles. The fraction of sp³-hybridized carbons (Fsp3) is 0.286. The maximum atomic E-state index is 12.6. The third-order valence-corrected chi connectivity index (χ3v) is 6.97. The summed E-state index contributed by atoms with van der Waals surface area (Å²) in [7, 11) is 0. The summed E-state index contributed by atoms with van der Waals surface area (Å²) in [4.78, 5) is 2.18. The van der Waals surface area contributed by atoms with E-state index in [9.17, 15) is 14.6 Å². The second kappa shape index (κ2) is 9.80. The van der Waals surface area contributed by atoms with E-state index in [0.717, 1.165) is 53.2 Å². The minimum atomic E-state index is -0.461. The van der Waals surface area contributed by atoms with Gasteiger partial charge in [0.2, 0.25) is 0 Å². The van der Waals surface area contributed by atoms with Crippen molar-refractivity contribution in [2.45, 2.75) is 13.0 Å². The zero-order chi connectivity index (χ0) is 24.5. The van der Waals surface area contributed by atoms with Crippen LogP contribution in [0.15, 0.2) is 60.7 Å². The van der Waals surface area contributed by atoms with Crippen molar-refractivity contribution in [2.24, 2.45) is 5.92 Å². The highest BCUT2D eigenvalue weighted by Gasteiger charge is 2.30. The first kappa shape index (κ1) is 23.5. The molecular formula is C28H27ClFNO4. The lowest BCUT2D eigenvalue weighted by Crippen LogP contribution is -2.49. The van der Waals surface area contributed by atoms with Gasteiger partial charge in [-0.2, -0.15) is 0 Å². The van der Waals surface area contributed by atoms with Gasteiger partial charge >= 0.3 is 0 Å². The molecular weight excluding hydrogens is 469 g/mol. The van der Waals surface area contributed by atoms with Crippen molar-refractivity contribution in [1.29, 1.82) is 0 Å². The smallest absolute Gasteiger partial charge is 0.150 e. The number of rotatable bonds is 7. The zero-order valence-electron chi connectivity index (χ0n) is 19.4. The molecule has 5 nitrogen and oxygen atoms in total. The van der Waals surface area contributed by atoms with Gasteiger partial charge in [0.25, 0.3) is 0 Å².